The van der Waals surface area contributed by atoms with Gasteiger partial charge in [-0.25, -0.2) is 0 Å². The lowest BCUT2D eigenvalue weighted by atomic mass is 10.1. The number of hydrogen-bond donors (Lipinski definition) is 1. The molecule has 30 heavy (non-hydrogen) atoms. The van der Waals surface area contributed by atoms with Gasteiger partial charge in [-0.1, -0.05) is 25.1 Å². The Hall–Kier alpha value is -3.47. The van der Waals surface area contributed by atoms with Crippen LogP contribution in [0.4, 0.5) is 5.69 Å². The third kappa shape index (κ3) is 5.32. The number of rotatable bonds is 9. The van der Waals surface area contributed by atoms with E-state index < -0.39 is 0 Å². The van der Waals surface area contributed by atoms with Crippen molar-refractivity contribution in [2.45, 2.75) is 26.9 Å². The number of anilines is 1. The lowest BCUT2D eigenvalue weighted by Gasteiger charge is -2.14. The molecule has 0 bridgehead atoms. The lowest BCUT2D eigenvalue weighted by molar-refractivity contribution is 0.102. The number of benzene rings is 3. The van der Waals surface area contributed by atoms with Crippen molar-refractivity contribution >= 4 is 11.6 Å². The lowest BCUT2D eigenvalue weighted by Crippen LogP contribution is -2.14. The number of nitrogens with one attached hydrogen (secondary N) is 1. The minimum atomic E-state index is -0.162. The van der Waals surface area contributed by atoms with Gasteiger partial charge in [0.25, 0.3) is 5.91 Å². The molecule has 3 aromatic carbocycles. The second kappa shape index (κ2) is 10.3. The zero-order chi connectivity index (χ0) is 21.3. The minimum absolute atomic E-state index is 0.162. The molecule has 0 atom stereocenters. The van der Waals surface area contributed by atoms with E-state index in [-0.39, 0.29) is 12.5 Å². The molecule has 0 aliphatic rings. The summed E-state index contributed by atoms with van der Waals surface area (Å²) in [7, 11) is 1.62. The number of aryl methyl sites for hydroxylation is 1. The summed E-state index contributed by atoms with van der Waals surface area (Å²) in [5.41, 5.74) is 3.29. The molecule has 0 aliphatic heterocycles. The summed E-state index contributed by atoms with van der Waals surface area (Å²) >= 11 is 0. The van der Waals surface area contributed by atoms with Crippen molar-refractivity contribution in [3.05, 3.63) is 83.4 Å². The maximum atomic E-state index is 12.8. The van der Waals surface area contributed by atoms with Crippen molar-refractivity contribution in [3.8, 4) is 17.2 Å². The molecule has 3 rings (SSSR count). The summed E-state index contributed by atoms with van der Waals surface area (Å²) in [5, 5.41) is 3.01. The number of hydrogen-bond acceptors (Lipinski definition) is 4. The molecule has 5 nitrogen and oxygen atoms in total. The Morgan fingerprint density at radius 1 is 0.867 bits per heavy atom. The SMILES string of the molecule is CCOc1ccc(C(=O)Nc2ccccc2CC)cc1COc1ccc(OC)cc1. The van der Waals surface area contributed by atoms with E-state index in [0.29, 0.717) is 23.7 Å². The molecule has 1 amide bonds. The van der Waals surface area contributed by atoms with Crippen LogP contribution in [0.1, 0.15) is 35.3 Å². The van der Waals surface area contributed by atoms with Crippen LogP contribution in [0.15, 0.2) is 66.7 Å². The van der Waals surface area contributed by atoms with Gasteiger partial charge in [-0.15, -0.1) is 0 Å². The first-order chi connectivity index (χ1) is 14.6. The average Bonchev–Trinajstić information content (AvgIpc) is 2.79. The van der Waals surface area contributed by atoms with Gasteiger partial charge in [-0.3, -0.25) is 4.79 Å². The maximum Gasteiger partial charge on any atom is 0.255 e. The summed E-state index contributed by atoms with van der Waals surface area (Å²) in [6.07, 6.45) is 0.848. The van der Waals surface area contributed by atoms with Gasteiger partial charge in [-0.2, -0.15) is 0 Å². The largest absolute Gasteiger partial charge is 0.497 e. The van der Waals surface area contributed by atoms with Crippen LogP contribution in [0.3, 0.4) is 0 Å². The number of ether oxygens (including phenoxy) is 3. The highest BCUT2D eigenvalue weighted by Crippen LogP contribution is 2.25. The van der Waals surface area contributed by atoms with E-state index in [1.807, 2.05) is 67.6 Å². The van der Waals surface area contributed by atoms with Crippen molar-refractivity contribution in [3.63, 3.8) is 0 Å². The van der Waals surface area contributed by atoms with E-state index in [4.69, 9.17) is 14.2 Å². The highest BCUT2D eigenvalue weighted by molar-refractivity contribution is 6.04. The van der Waals surface area contributed by atoms with Gasteiger partial charge in [0.2, 0.25) is 0 Å². The van der Waals surface area contributed by atoms with Gasteiger partial charge >= 0.3 is 0 Å². The van der Waals surface area contributed by atoms with E-state index in [1.54, 1.807) is 13.2 Å². The molecule has 0 saturated heterocycles. The molecule has 3 aromatic rings. The standard InChI is InChI=1S/C25H27NO4/c1-4-18-8-6-7-9-23(18)26-25(27)19-10-15-24(29-5-2)20(16-19)17-30-22-13-11-21(28-3)12-14-22/h6-16H,4-5,17H2,1-3H3,(H,26,27). The second-order valence-electron chi connectivity index (χ2n) is 6.68. The van der Waals surface area contributed by atoms with Gasteiger partial charge in [0, 0.05) is 16.8 Å². The van der Waals surface area contributed by atoms with Gasteiger partial charge < -0.3 is 19.5 Å². The van der Waals surface area contributed by atoms with Gasteiger partial charge in [0.1, 0.15) is 23.9 Å². The van der Waals surface area contributed by atoms with E-state index in [1.165, 1.54) is 0 Å². The number of para-hydroxylation sites is 1. The molecule has 0 aromatic heterocycles. The van der Waals surface area contributed by atoms with Crippen molar-refractivity contribution in [2.24, 2.45) is 0 Å². The smallest absolute Gasteiger partial charge is 0.255 e. The summed E-state index contributed by atoms with van der Waals surface area (Å²) < 4.78 is 16.8. The van der Waals surface area contributed by atoms with Crippen molar-refractivity contribution < 1.29 is 19.0 Å². The summed E-state index contributed by atoms with van der Waals surface area (Å²) in [5.74, 6) is 2.02. The minimum Gasteiger partial charge on any atom is -0.497 e. The normalized spacial score (nSPS) is 10.4. The van der Waals surface area contributed by atoms with Crippen molar-refractivity contribution in [1.82, 2.24) is 0 Å². The molecular weight excluding hydrogens is 378 g/mol. The predicted octanol–water partition coefficient (Wildman–Crippen LogP) is 5.49. The summed E-state index contributed by atoms with van der Waals surface area (Å²) in [4.78, 5) is 12.8. The van der Waals surface area contributed by atoms with E-state index in [0.717, 1.165) is 29.0 Å². The molecule has 1 N–H and O–H groups in total. The van der Waals surface area contributed by atoms with Gasteiger partial charge in [0.05, 0.1) is 13.7 Å². The fourth-order valence-electron chi connectivity index (χ4n) is 3.11. The Morgan fingerprint density at radius 2 is 1.60 bits per heavy atom. The number of amides is 1. The Morgan fingerprint density at radius 3 is 2.30 bits per heavy atom. The van der Waals surface area contributed by atoms with Crippen LogP contribution in [0, 0.1) is 0 Å². The first-order valence-electron chi connectivity index (χ1n) is 10.1. The van der Waals surface area contributed by atoms with Crippen molar-refractivity contribution in [2.75, 3.05) is 19.0 Å². The van der Waals surface area contributed by atoms with Crippen LogP contribution in [0.5, 0.6) is 17.2 Å². The molecule has 156 valence electrons. The number of methoxy groups -OCH3 is 1. The van der Waals surface area contributed by atoms with Crippen LogP contribution in [0.2, 0.25) is 0 Å². The third-order valence-electron chi connectivity index (χ3n) is 4.72. The Labute approximate surface area is 177 Å². The molecule has 0 spiro atoms. The summed E-state index contributed by atoms with van der Waals surface area (Å²) in [6, 6.07) is 20.6. The van der Waals surface area contributed by atoms with Gasteiger partial charge in [-0.05, 0) is 67.4 Å². The van der Waals surface area contributed by atoms with Gasteiger partial charge in [0.15, 0.2) is 0 Å². The number of carbonyl (C=O) groups excluding carboxylic acids is 1. The molecule has 0 unspecified atom stereocenters. The number of carbonyl (C=O) groups is 1. The summed E-state index contributed by atoms with van der Waals surface area (Å²) in [6.45, 7) is 4.81. The Kier molecular flexibility index (Phi) is 7.33. The van der Waals surface area contributed by atoms with E-state index in [2.05, 4.69) is 12.2 Å². The quantitative estimate of drug-likeness (QED) is 0.512. The predicted molar refractivity (Wildman–Crippen MR) is 119 cm³/mol. The Bertz CT molecular complexity index is 983. The fraction of sp³-hybridized carbons (Fsp3) is 0.240. The third-order valence-corrected chi connectivity index (χ3v) is 4.72. The zero-order valence-electron chi connectivity index (χ0n) is 17.6. The van der Waals surface area contributed by atoms with Crippen LogP contribution < -0.4 is 19.5 Å². The average molecular weight is 405 g/mol. The first kappa shape index (κ1) is 21.2. The molecule has 5 heteroatoms. The van der Waals surface area contributed by atoms with E-state index >= 15 is 0 Å². The van der Waals surface area contributed by atoms with Crippen LogP contribution in [-0.4, -0.2) is 19.6 Å². The van der Waals surface area contributed by atoms with Crippen LogP contribution >= 0.6 is 0 Å². The molecule has 0 saturated carbocycles. The van der Waals surface area contributed by atoms with E-state index in [9.17, 15) is 4.79 Å². The van der Waals surface area contributed by atoms with Crippen LogP contribution in [0.25, 0.3) is 0 Å². The molecular formula is C25H27NO4. The van der Waals surface area contributed by atoms with Crippen LogP contribution in [-0.2, 0) is 13.0 Å². The highest BCUT2D eigenvalue weighted by atomic mass is 16.5. The zero-order valence-corrected chi connectivity index (χ0v) is 17.6. The second-order valence-corrected chi connectivity index (χ2v) is 6.68. The molecule has 0 aliphatic carbocycles. The molecule has 0 fully saturated rings. The maximum absolute atomic E-state index is 12.8. The first-order valence-corrected chi connectivity index (χ1v) is 10.1. The molecule has 0 heterocycles. The monoisotopic (exact) mass is 405 g/mol. The van der Waals surface area contributed by atoms with Crippen molar-refractivity contribution in [1.29, 1.82) is 0 Å². The highest BCUT2D eigenvalue weighted by Gasteiger charge is 2.13. The Balaban J connectivity index is 1.78. The molecule has 0 radical (unpaired) electrons. The fourth-order valence-corrected chi connectivity index (χ4v) is 3.11. The topological polar surface area (TPSA) is 56.8 Å².